The number of hydrogen-bond donors (Lipinski definition) is 0. The van der Waals surface area contributed by atoms with Gasteiger partial charge in [0.25, 0.3) is 0 Å². The highest BCUT2D eigenvalue weighted by atomic mass is 19.4. The second kappa shape index (κ2) is 3.42. The van der Waals surface area contributed by atoms with Gasteiger partial charge in [-0.3, -0.25) is 10.5 Å². The monoisotopic (exact) mass is 262 g/mol. The summed E-state index contributed by atoms with van der Waals surface area (Å²) in [5.74, 6) is -24.1. The van der Waals surface area contributed by atoms with Crippen LogP contribution in [0.25, 0.3) is 0 Å². The zero-order valence-electron chi connectivity index (χ0n) is 6.81. The van der Waals surface area contributed by atoms with Gasteiger partial charge < -0.3 is 0 Å². The second-order valence-corrected chi connectivity index (χ2v) is 2.55. The van der Waals surface area contributed by atoms with Crippen LogP contribution in [0.1, 0.15) is 0 Å². The third-order valence-electron chi connectivity index (χ3n) is 1.43. The molecule has 11 heteroatoms. The predicted molar refractivity (Wildman–Crippen MR) is 29.0 cm³/mol. The van der Waals surface area contributed by atoms with Crippen LogP contribution in [0.2, 0.25) is 0 Å². The van der Waals surface area contributed by atoms with E-state index >= 15 is 0 Å². The maximum absolute atomic E-state index is 12.2. The summed E-state index contributed by atoms with van der Waals surface area (Å²) in [7, 11) is 0. The minimum atomic E-state index is -7.12. The first-order chi connectivity index (χ1) is 6.69. The molecule has 95 valence electrons. The lowest BCUT2D eigenvalue weighted by Gasteiger charge is -2.31. The molecular weight excluding hydrogens is 261 g/mol. The van der Waals surface area contributed by atoms with Gasteiger partial charge in [0, 0.05) is 0 Å². The number of halogens is 9. The summed E-state index contributed by atoms with van der Waals surface area (Å²) in [6.07, 6.45) is -6.98. The Morgan fingerprint density at radius 1 is 0.750 bits per heavy atom. The molecule has 0 aliphatic rings. The molecule has 0 fully saturated rings. The van der Waals surface area contributed by atoms with Crippen LogP contribution in [-0.2, 0) is 4.79 Å². The van der Waals surface area contributed by atoms with E-state index in [0.29, 0.717) is 0 Å². The Morgan fingerprint density at radius 2 is 1.06 bits per heavy atom. The first-order valence-corrected chi connectivity index (χ1v) is 3.15. The van der Waals surface area contributed by atoms with Gasteiger partial charge in [-0.1, -0.05) is 0 Å². The highest BCUT2D eigenvalue weighted by Crippen LogP contribution is 2.52. The number of alkyl halides is 9. The summed E-state index contributed by atoms with van der Waals surface area (Å²) < 4.78 is 107. The van der Waals surface area contributed by atoms with Gasteiger partial charge in [-0.2, -0.15) is 39.5 Å². The van der Waals surface area contributed by atoms with Crippen LogP contribution < -0.4 is 5.73 Å². The third-order valence-corrected chi connectivity index (χ3v) is 1.43. The van der Waals surface area contributed by atoms with Crippen molar-refractivity contribution in [2.45, 2.75) is 23.9 Å². The number of hydrogen-bond acceptors (Lipinski definition) is 1. The molecule has 0 saturated heterocycles. The van der Waals surface area contributed by atoms with Crippen LogP contribution in [-0.4, -0.2) is 29.9 Å². The molecule has 0 spiro atoms. The molecule has 0 aromatic rings. The van der Waals surface area contributed by atoms with Gasteiger partial charge in [0.15, 0.2) is 0 Å². The van der Waals surface area contributed by atoms with E-state index in [1.807, 2.05) is 0 Å². The van der Waals surface area contributed by atoms with Crippen molar-refractivity contribution in [1.29, 1.82) is 0 Å². The number of rotatable bonds is 3. The van der Waals surface area contributed by atoms with Crippen LogP contribution in [0, 0.1) is 0 Å². The molecule has 0 rings (SSSR count). The maximum atomic E-state index is 12.2. The van der Waals surface area contributed by atoms with Crippen molar-refractivity contribution in [2.24, 2.45) is 0 Å². The fourth-order valence-corrected chi connectivity index (χ4v) is 0.518. The van der Waals surface area contributed by atoms with E-state index in [0.717, 1.165) is 0 Å². The van der Waals surface area contributed by atoms with E-state index in [9.17, 15) is 44.3 Å². The normalized spacial score (nSPS) is 15.1. The Morgan fingerprint density at radius 3 is 1.25 bits per heavy atom. The van der Waals surface area contributed by atoms with E-state index in [1.54, 1.807) is 0 Å². The maximum Gasteiger partial charge on any atom is 0.460 e. The first kappa shape index (κ1) is 14.8. The lowest BCUT2D eigenvalue weighted by Crippen LogP contribution is -2.63. The molecule has 0 saturated carbocycles. The largest absolute Gasteiger partial charge is 0.460 e. The number of amides is 1. The summed E-state index contributed by atoms with van der Waals surface area (Å²) in [6.45, 7) is 0. The topological polar surface area (TPSA) is 40.9 Å². The Labute approximate surface area is 81.2 Å². The van der Waals surface area contributed by atoms with Crippen molar-refractivity contribution in [3.63, 3.8) is 0 Å². The Kier molecular flexibility index (Phi) is 3.17. The van der Waals surface area contributed by atoms with Crippen molar-refractivity contribution >= 4 is 5.91 Å². The van der Waals surface area contributed by atoms with Gasteiger partial charge in [0.1, 0.15) is 0 Å². The van der Waals surface area contributed by atoms with Gasteiger partial charge >= 0.3 is 29.9 Å². The molecule has 0 unspecified atom stereocenters. The summed E-state index contributed by atoms with van der Waals surface area (Å²) in [4.78, 5) is 9.62. The fourth-order valence-electron chi connectivity index (χ4n) is 0.518. The van der Waals surface area contributed by atoms with Crippen molar-refractivity contribution in [1.82, 2.24) is 5.73 Å². The summed E-state index contributed by atoms with van der Waals surface area (Å²) in [5, 5.41) is 0. The van der Waals surface area contributed by atoms with Crippen molar-refractivity contribution in [2.75, 3.05) is 0 Å². The van der Waals surface area contributed by atoms with Gasteiger partial charge in [-0.15, -0.1) is 0 Å². The van der Waals surface area contributed by atoms with Crippen LogP contribution >= 0.6 is 0 Å². The van der Waals surface area contributed by atoms with E-state index in [1.165, 1.54) is 0 Å². The van der Waals surface area contributed by atoms with Crippen LogP contribution in [0.4, 0.5) is 39.5 Å². The zero-order valence-corrected chi connectivity index (χ0v) is 6.81. The van der Waals surface area contributed by atoms with E-state index < -0.39 is 29.9 Å². The number of nitrogens with one attached hydrogen (secondary N) is 1. The SMILES string of the molecule is [NH]C(=O)C(F)(F)C(F)(F)C(F)(F)C(F)(F)F. The van der Waals surface area contributed by atoms with Crippen molar-refractivity contribution in [3.8, 4) is 0 Å². The molecule has 0 heterocycles. The fraction of sp³-hybridized carbons (Fsp3) is 0.800. The lowest BCUT2D eigenvalue weighted by atomic mass is 10.0. The standard InChI is InChI=1S/C5HF9NO/c6-2(7,1(15)16)3(8,9)4(10,11)5(12,13)14/h15H. The van der Waals surface area contributed by atoms with Gasteiger partial charge in [-0.05, 0) is 0 Å². The average Bonchev–Trinajstić information content (AvgIpc) is 2.00. The summed E-state index contributed by atoms with van der Waals surface area (Å²) in [5.41, 5.74) is 5.55. The van der Waals surface area contributed by atoms with Crippen molar-refractivity contribution < 1.29 is 44.3 Å². The van der Waals surface area contributed by atoms with Crippen LogP contribution in [0.15, 0.2) is 0 Å². The minimum absolute atomic E-state index is 3.54. The molecule has 0 aromatic heterocycles. The Balaban J connectivity index is 5.62. The molecule has 1 radical (unpaired) electrons. The quantitative estimate of drug-likeness (QED) is 0.719. The average molecular weight is 262 g/mol. The van der Waals surface area contributed by atoms with Gasteiger partial charge in [-0.25, -0.2) is 0 Å². The lowest BCUT2D eigenvalue weighted by molar-refractivity contribution is -0.388. The summed E-state index contributed by atoms with van der Waals surface area (Å²) in [6, 6.07) is 0. The Hall–Kier alpha value is -1.16. The third kappa shape index (κ3) is 1.78. The van der Waals surface area contributed by atoms with Gasteiger partial charge in [0.2, 0.25) is 0 Å². The molecule has 2 nitrogen and oxygen atoms in total. The first-order valence-electron chi connectivity index (χ1n) is 3.15. The Bertz CT molecular complexity index is 293. The second-order valence-electron chi connectivity index (χ2n) is 2.55. The molecule has 1 N–H and O–H groups in total. The molecular formula is C5HF9NO. The number of carbonyl (C=O) groups excluding carboxylic acids is 1. The van der Waals surface area contributed by atoms with Crippen molar-refractivity contribution in [3.05, 3.63) is 0 Å². The molecule has 0 aliphatic carbocycles. The molecule has 0 aliphatic heterocycles. The van der Waals surface area contributed by atoms with E-state index in [4.69, 9.17) is 5.73 Å². The summed E-state index contributed by atoms with van der Waals surface area (Å²) >= 11 is 0. The smallest absolute Gasteiger partial charge is 0.266 e. The molecule has 16 heavy (non-hydrogen) atoms. The van der Waals surface area contributed by atoms with Crippen LogP contribution in [0.3, 0.4) is 0 Å². The van der Waals surface area contributed by atoms with Gasteiger partial charge in [0.05, 0.1) is 0 Å². The van der Waals surface area contributed by atoms with E-state index in [2.05, 4.69) is 0 Å². The molecule has 0 aromatic carbocycles. The van der Waals surface area contributed by atoms with Crippen LogP contribution in [0.5, 0.6) is 0 Å². The predicted octanol–water partition coefficient (Wildman–Crippen LogP) is 2.26. The van der Waals surface area contributed by atoms with E-state index in [-0.39, 0.29) is 0 Å². The minimum Gasteiger partial charge on any atom is -0.266 e. The number of carbonyl (C=O) groups is 1. The zero-order chi connectivity index (χ0) is 13.6. The highest BCUT2D eigenvalue weighted by molar-refractivity contribution is 5.82. The molecule has 1 amide bonds. The molecule has 0 atom stereocenters. The highest BCUT2D eigenvalue weighted by Gasteiger charge is 2.83. The molecule has 0 bridgehead atoms.